The normalized spacial score (nSPS) is 10.7. The number of H-pyrrole nitrogens is 1. The maximum absolute atomic E-state index is 10.9. The van der Waals surface area contributed by atoms with Crippen LogP contribution in [0, 0.1) is 0 Å². The minimum Gasteiger partial charge on any atom is -0.302 e. The van der Waals surface area contributed by atoms with Gasteiger partial charge in [-0.3, -0.25) is 9.89 Å². The first-order chi connectivity index (χ1) is 10.2. The number of amides is 1. The number of thiazole rings is 1. The van der Waals surface area contributed by atoms with Crippen molar-refractivity contribution in [3.8, 4) is 10.7 Å². The molecule has 6 nitrogen and oxygen atoms in total. The molecule has 0 fully saturated rings. The number of anilines is 1. The van der Waals surface area contributed by atoms with Crippen LogP contribution in [-0.2, 0) is 10.5 Å². The molecular weight excluding hydrogens is 326 g/mol. The molecule has 0 radical (unpaired) electrons. The minimum absolute atomic E-state index is 0.113. The molecule has 3 rings (SSSR count). The SMILES string of the molecule is CC(=O)Nc1nc(CSc2n[nH]c(-c3cccs3)n2)cs1. The lowest BCUT2D eigenvalue weighted by Crippen LogP contribution is -2.05. The Hall–Kier alpha value is -1.71. The molecule has 0 aliphatic rings. The third-order valence-electron chi connectivity index (χ3n) is 2.40. The number of thiophene rings is 1. The molecule has 0 spiro atoms. The summed E-state index contributed by atoms with van der Waals surface area (Å²) in [7, 11) is 0. The monoisotopic (exact) mass is 337 g/mol. The summed E-state index contributed by atoms with van der Waals surface area (Å²) in [4.78, 5) is 20.8. The average molecular weight is 337 g/mol. The van der Waals surface area contributed by atoms with Crippen molar-refractivity contribution in [2.45, 2.75) is 17.8 Å². The van der Waals surface area contributed by atoms with E-state index in [-0.39, 0.29) is 5.91 Å². The fourth-order valence-electron chi connectivity index (χ4n) is 1.55. The first kappa shape index (κ1) is 14.2. The van der Waals surface area contributed by atoms with Crippen LogP contribution in [0.25, 0.3) is 10.7 Å². The van der Waals surface area contributed by atoms with Crippen molar-refractivity contribution in [2.75, 3.05) is 5.32 Å². The summed E-state index contributed by atoms with van der Waals surface area (Å²) in [6.07, 6.45) is 0. The molecule has 0 bridgehead atoms. The van der Waals surface area contributed by atoms with Crippen molar-refractivity contribution in [3.63, 3.8) is 0 Å². The summed E-state index contributed by atoms with van der Waals surface area (Å²) < 4.78 is 0. The Labute approximate surface area is 133 Å². The fraction of sp³-hybridized carbons (Fsp3) is 0.167. The van der Waals surface area contributed by atoms with Gasteiger partial charge in [-0.25, -0.2) is 9.97 Å². The van der Waals surface area contributed by atoms with Crippen LogP contribution in [0.3, 0.4) is 0 Å². The minimum atomic E-state index is -0.113. The predicted molar refractivity (Wildman–Crippen MR) is 85.7 cm³/mol. The molecule has 9 heteroatoms. The predicted octanol–water partition coefficient (Wildman–Crippen LogP) is 3.24. The topological polar surface area (TPSA) is 83.6 Å². The zero-order valence-electron chi connectivity index (χ0n) is 11.0. The van der Waals surface area contributed by atoms with Crippen LogP contribution >= 0.6 is 34.4 Å². The van der Waals surface area contributed by atoms with Crippen LogP contribution in [0.1, 0.15) is 12.6 Å². The Balaban J connectivity index is 1.60. The Bertz CT molecular complexity index is 734. The molecule has 3 heterocycles. The van der Waals surface area contributed by atoms with Gasteiger partial charge in [-0.2, -0.15) is 0 Å². The zero-order chi connectivity index (χ0) is 14.7. The molecule has 1 amide bonds. The van der Waals surface area contributed by atoms with Crippen LogP contribution in [0.5, 0.6) is 0 Å². The molecule has 0 saturated heterocycles. The van der Waals surface area contributed by atoms with Crippen LogP contribution in [0.4, 0.5) is 5.13 Å². The lowest BCUT2D eigenvalue weighted by atomic mass is 10.4. The molecule has 0 aromatic carbocycles. The molecular formula is C12H11N5OS3. The second-order valence-electron chi connectivity index (χ2n) is 4.06. The summed E-state index contributed by atoms with van der Waals surface area (Å²) in [5.74, 6) is 1.33. The maximum atomic E-state index is 10.9. The quantitative estimate of drug-likeness (QED) is 0.698. The number of thioether (sulfide) groups is 1. The number of hydrogen-bond acceptors (Lipinski definition) is 7. The third-order valence-corrected chi connectivity index (χ3v) is 4.97. The Morgan fingerprint density at radius 3 is 3.10 bits per heavy atom. The molecule has 3 aromatic heterocycles. The number of aromatic nitrogens is 4. The van der Waals surface area contributed by atoms with Gasteiger partial charge in [0.05, 0.1) is 10.6 Å². The van der Waals surface area contributed by atoms with Crippen molar-refractivity contribution in [3.05, 3.63) is 28.6 Å². The molecule has 2 N–H and O–H groups in total. The van der Waals surface area contributed by atoms with Gasteiger partial charge < -0.3 is 5.32 Å². The van der Waals surface area contributed by atoms with Crippen molar-refractivity contribution in [1.82, 2.24) is 20.2 Å². The van der Waals surface area contributed by atoms with Crippen LogP contribution in [0.15, 0.2) is 28.0 Å². The fourth-order valence-corrected chi connectivity index (χ4v) is 3.77. The van der Waals surface area contributed by atoms with E-state index in [4.69, 9.17) is 0 Å². The van der Waals surface area contributed by atoms with Crippen molar-refractivity contribution in [1.29, 1.82) is 0 Å². The number of carbonyl (C=O) groups excluding carboxylic acids is 1. The maximum Gasteiger partial charge on any atom is 0.223 e. The molecule has 0 saturated carbocycles. The Kier molecular flexibility index (Phi) is 4.32. The van der Waals surface area contributed by atoms with E-state index in [9.17, 15) is 4.79 Å². The number of nitrogens with one attached hydrogen (secondary N) is 2. The summed E-state index contributed by atoms with van der Waals surface area (Å²) in [6, 6.07) is 3.98. The van der Waals surface area contributed by atoms with E-state index in [1.165, 1.54) is 30.0 Å². The molecule has 21 heavy (non-hydrogen) atoms. The van der Waals surface area contributed by atoms with Gasteiger partial charge in [-0.15, -0.1) is 27.8 Å². The second kappa shape index (κ2) is 6.37. The van der Waals surface area contributed by atoms with E-state index in [2.05, 4.69) is 25.5 Å². The van der Waals surface area contributed by atoms with E-state index < -0.39 is 0 Å². The Morgan fingerprint density at radius 2 is 2.33 bits per heavy atom. The summed E-state index contributed by atoms with van der Waals surface area (Å²) in [5.41, 5.74) is 0.899. The van der Waals surface area contributed by atoms with Crippen molar-refractivity contribution in [2.24, 2.45) is 0 Å². The van der Waals surface area contributed by atoms with Crippen molar-refractivity contribution < 1.29 is 4.79 Å². The number of hydrogen-bond donors (Lipinski definition) is 2. The van der Waals surface area contributed by atoms with Crippen molar-refractivity contribution >= 4 is 45.5 Å². The van der Waals surface area contributed by atoms with Gasteiger partial charge in [0, 0.05) is 18.1 Å². The van der Waals surface area contributed by atoms with E-state index in [0.29, 0.717) is 16.0 Å². The first-order valence-corrected chi connectivity index (χ1v) is 8.76. The van der Waals surface area contributed by atoms with Gasteiger partial charge in [0.2, 0.25) is 11.1 Å². The number of carbonyl (C=O) groups is 1. The lowest BCUT2D eigenvalue weighted by Gasteiger charge is -1.94. The first-order valence-electron chi connectivity index (χ1n) is 6.02. The largest absolute Gasteiger partial charge is 0.302 e. The van der Waals surface area contributed by atoms with E-state index in [1.54, 1.807) is 11.3 Å². The van der Waals surface area contributed by atoms with E-state index >= 15 is 0 Å². The van der Waals surface area contributed by atoms with Crippen LogP contribution in [0.2, 0.25) is 0 Å². The highest BCUT2D eigenvalue weighted by atomic mass is 32.2. The lowest BCUT2D eigenvalue weighted by molar-refractivity contribution is -0.114. The highest BCUT2D eigenvalue weighted by molar-refractivity contribution is 7.98. The Morgan fingerprint density at radius 1 is 1.43 bits per heavy atom. The molecule has 0 aliphatic carbocycles. The zero-order valence-corrected chi connectivity index (χ0v) is 13.4. The molecule has 0 unspecified atom stereocenters. The standard InChI is InChI=1S/C12H11N5OS3/c1-7(18)13-11-14-8(5-20-11)6-21-12-15-10(16-17-12)9-3-2-4-19-9/h2-5H,6H2,1H3,(H,13,14,18)(H,15,16,17). The van der Waals surface area contributed by atoms with E-state index in [1.807, 2.05) is 22.9 Å². The number of aromatic amines is 1. The highest BCUT2D eigenvalue weighted by Gasteiger charge is 2.09. The summed E-state index contributed by atoms with van der Waals surface area (Å²) in [6.45, 7) is 1.47. The van der Waals surface area contributed by atoms with Crippen LogP contribution in [-0.4, -0.2) is 26.1 Å². The third kappa shape index (κ3) is 3.69. The molecule has 3 aromatic rings. The van der Waals surface area contributed by atoms with Gasteiger partial charge in [-0.1, -0.05) is 17.8 Å². The second-order valence-corrected chi connectivity index (χ2v) is 6.81. The van der Waals surface area contributed by atoms with Gasteiger partial charge in [0.25, 0.3) is 0 Å². The van der Waals surface area contributed by atoms with Gasteiger partial charge in [0.1, 0.15) is 0 Å². The highest BCUT2D eigenvalue weighted by Crippen LogP contribution is 2.26. The average Bonchev–Trinajstić information content (AvgIpc) is 3.17. The summed E-state index contributed by atoms with van der Waals surface area (Å²) in [5, 5.41) is 15.0. The summed E-state index contributed by atoms with van der Waals surface area (Å²) >= 11 is 4.54. The molecule has 0 atom stereocenters. The van der Waals surface area contributed by atoms with E-state index in [0.717, 1.165) is 16.4 Å². The van der Waals surface area contributed by atoms with Gasteiger partial charge >= 0.3 is 0 Å². The smallest absolute Gasteiger partial charge is 0.223 e. The molecule has 0 aliphatic heterocycles. The number of rotatable bonds is 5. The number of nitrogens with zero attached hydrogens (tertiary/aromatic N) is 3. The molecule has 108 valence electrons. The van der Waals surface area contributed by atoms with Gasteiger partial charge in [0.15, 0.2) is 11.0 Å². The van der Waals surface area contributed by atoms with Gasteiger partial charge in [-0.05, 0) is 11.4 Å². The van der Waals surface area contributed by atoms with Crippen LogP contribution < -0.4 is 5.32 Å².